The summed E-state index contributed by atoms with van der Waals surface area (Å²) in [7, 11) is 0. The summed E-state index contributed by atoms with van der Waals surface area (Å²) in [5.74, 6) is 0.695. The van der Waals surface area contributed by atoms with Crippen LogP contribution >= 0.6 is 0 Å². The molecule has 1 aliphatic heterocycles. The highest BCUT2D eigenvalue weighted by atomic mass is 16.5. The van der Waals surface area contributed by atoms with E-state index in [1.165, 1.54) is 0 Å². The van der Waals surface area contributed by atoms with E-state index < -0.39 is 0 Å². The van der Waals surface area contributed by atoms with Crippen LogP contribution < -0.4 is 5.32 Å². The number of nitrogens with zero attached hydrogens (tertiary/aromatic N) is 2. The van der Waals surface area contributed by atoms with Gasteiger partial charge in [-0.15, -0.1) is 0 Å². The van der Waals surface area contributed by atoms with Gasteiger partial charge in [0.1, 0.15) is 11.9 Å². The fraction of sp³-hybridized carbons (Fsp3) is 0.571. The van der Waals surface area contributed by atoms with Crippen LogP contribution in [0.5, 0.6) is 0 Å². The van der Waals surface area contributed by atoms with Gasteiger partial charge < -0.3 is 10.1 Å². The second kappa shape index (κ2) is 4.95. The van der Waals surface area contributed by atoms with E-state index in [1.54, 1.807) is 6.20 Å². The van der Waals surface area contributed by atoms with Crippen LogP contribution in [0.1, 0.15) is 37.8 Å². The zero-order valence-corrected chi connectivity index (χ0v) is 11.2. The van der Waals surface area contributed by atoms with E-state index in [0.717, 1.165) is 25.0 Å². The van der Waals surface area contributed by atoms with Crippen molar-refractivity contribution in [1.82, 2.24) is 4.98 Å². The molecule has 1 aromatic rings. The SMILES string of the molecule is Cc1ccnc(NC2CCOC(C)(C)C2)c1C#N. The van der Waals surface area contributed by atoms with E-state index >= 15 is 0 Å². The predicted molar refractivity (Wildman–Crippen MR) is 70.4 cm³/mol. The van der Waals surface area contributed by atoms with Gasteiger partial charge in [0.25, 0.3) is 0 Å². The van der Waals surface area contributed by atoms with Gasteiger partial charge in [-0.3, -0.25) is 0 Å². The maximum Gasteiger partial charge on any atom is 0.144 e. The Kier molecular flexibility index (Phi) is 3.53. The largest absolute Gasteiger partial charge is 0.375 e. The number of hydrogen-bond acceptors (Lipinski definition) is 4. The molecule has 96 valence electrons. The lowest BCUT2D eigenvalue weighted by molar-refractivity contribution is -0.0553. The number of hydrogen-bond donors (Lipinski definition) is 1. The summed E-state index contributed by atoms with van der Waals surface area (Å²) in [4.78, 5) is 4.28. The molecule has 1 aromatic heterocycles. The molecule has 2 heterocycles. The predicted octanol–water partition coefficient (Wildman–Crippen LogP) is 2.63. The third-order valence-electron chi connectivity index (χ3n) is 3.31. The molecule has 0 spiro atoms. The molecule has 1 N–H and O–H groups in total. The molecule has 0 aliphatic carbocycles. The van der Waals surface area contributed by atoms with Crippen LogP contribution in [0.4, 0.5) is 5.82 Å². The Balaban J connectivity index is 2.15. The lowest BCUT2D eigenvalue weighted by atomic mass is 9.94. The molecule has 0 bridgehead atoms. The van der Waals surface area contributed by atoms with Crippen molar-refractivity contribution in [2.75, 3.05) is 11.9 Å². The molecule has 18 heavy (non-hydrogen) atoms. The lowest BCUT2D eigenvalue weighted by Gasteiger charge is -2.36. The number of ether oxygens (including phenoxy) is 1. The first-order valence-electron chi connectivity index (χ1n) is 6.28. The van der Waals surface area contributed by atoms with Crippen molar-refractivity contribution in [1.29, 1.82) is 5.26 Å². The Hall–Kier alpha value is -1.60. The number of pyridine rings is 1. The van der Waals surface area contributed by atoms with Crippen molar-refractivity contribution in [2.24, 2.45) is 0 Å². The number of rotatable bonds is 2. The first-order chi connectivity index (χ1) is 8.52. The molecular weight excluding hydrogens is 226 g/mol. The Labute approximate surface area is 108 Å². The second-order valence-electron chi connectivity index (χ2n) is 5.41. The molecule has 0 aromatic carbocycles. The van der Waals surface area contributed by atoms with Gasteiger partial charge in [-0.1, -0.05) is 0 Å². The Morgan fingerprint density at radius 2 is 2.33 bits per heavy atom. The number of nitriles is 1. The Bertz CT molecular complexity index is 476. The quantitative estimate of drug-likeness (QED) is 0.870. The van der Waals surface area contributed by atoms with Crippen LogP contribution in [0.3, 0.4) is 0 Å². The third kappa shape index (κ3) is 2.80. The summed E-state index contributed by atoms with van der Waals surface area (Å²) < 4.78 is 5.69. The molecule has 1 fully saturated rings. The second-order valence-corrected chi connectivity index (χ2v) is 5.41. The molecule has 0 radical (unpaired) electrons. The van der Waals surface area contributed by atoms with Crippen molar-refractivity contribution in [3.63, 3.8) is 0 Å². The molecule has 1 saturated heterocycles. The molecule has 0 amide bonds. The van der Waals surface area contributed by atoms with Crippen molar-refractivity contribution < 1.29 is 4.74 Å². The summed E-state index contributed by atoms with van der Waals surface area (Å²) in [6, 6.07) is 4.39. The van der Waals surface area contributed by atoms with Crippen LogP contribution in [0.15, 0.2) is 12.3 Å². The van der Waals surface area contributed by atoms with Crippen LogP contribution in [0.2, 0.25) is 0 Å². The van der Waals surface area contributed by atoms with Crippen molar-refractivity contribution in [2.45, 2.75) is 45.3 Å². The van der Waals surface area contributed by atoms with Crippen molar-refractivity contribution >= 4 is 5.82 Å². The Morgan fingerprint density at radius 1 is 1.56 bits per heavy atom. The maximum atomic E-state index is 9.18. The molecular formula is C14H19N3O. The molecule has 0 saturated carbocycles. The fourth-order valence-electron chi connectivity index (χ4n) is 2.36. The first-order valence-corrected chi connectivity index (χ1v) is 6.28. The summed E-state index contributed by atoms with van der Waals surface area (Å²) in [5.41, 5.74) is 1.50. The average molecular weight is 245 g/mol. The molecule has 2 rings (SSSR count). The van der Waals surface area contributed by atoms with Gasteiger partial charge >= 0.3 is 0 Å². The zero-order valence-electron chi connectivity index (χ0n) is 11.2. The summed E-state index contributed by atoms with van der Waals surface area (Å²) in [5, 5.41) is 12.6. The zero-order chi connectivity index (χ0) is 13.2. The highest BCUT2D eigenvalue weighted by Gasteiger charge is 2.29. The van der Waals surface area contributed by atoms with E-state index in [2.05, 4.69) is 30.2 Å². The van der Waals surface area contributed by atoms with Crippen LogP contribution in [-0.2, 0) is 4.74 Å². The average Bonchev–Trinajstić information content (AvgIpc) is 2.28. The number of aromatic nitrogens is 1. The van der Waals surface area contributed by atoms with E-state index in [1.807, 2.05) is 13.0 Å². The first kappa shape index (κ1) is 12.8. The summed E-state index contributed by atoms with van der Waals surface area (Å²) in [6.07, 6.45) is 3.61. The highest BCUT2D eigenvalue weighted by Crippen LogP contribution is 2.27. The molecule has 4 nitrogen and oxygen atoms in total. The maximum absolute atomic E-state index is 9.18. The van der Waals surface area contributed by atoms with Gasteiger partial charge in [-0.25, -0.2) is 4.98 Å². The van der Waals surface area contributed by atoms with Gasteiger partial charge in [-0.05, 0) is 45.2 Å². The monoisotopic (exact) mass is 245 g/mol. The van der Waals surface area contributed by atoms with E-state index in [9.17, 15) is 5.26 Å². The van der Waals surface area contributed by atoms with Gasteiger partial charge in [0.15, 0.2) is 0 Å². The van der Waals surface area contributed by atoms with E-state index in [4.69, 9.17) is 4.74 Å². The molecule has 1 atom stereocenters. The van der Waals surface area contributed by atoms with Gasteiger partial charge in [0.05, 0.1) is 11.2 Å². The third-order valence-corrected chi connectivity index (χ3v) is 3.31. The molecule has 1 unspecified atom stereocenters. The van der Waals surface area contributed by atoms with Gasteiger partial charge in [0, 0.05) is 18.8 Å². The summed E-state index contributed by atoms with van der Waals surface area (Å²) in [6.45, 7) is 6.86. The summed E-state index contributed by atoms with van der Waals surface area (Å²) >= 11 is 0. The minimum Gasteiger partial charge on any atom is -0.375 e. The van der Waals surface area contributed by atoms with Gasteiger partial charge in [-0.2, -0.15) is 5.26 Å². The smallest absolute Gasteiger partial charge is 0.144 e. The standard InChI is InChI=1S/C14H19N3O/c1-10-4-6-16-13(12(10)9-15)17-11-5-7-18-14(2,3)8-11/h4,6,11H,5,7-8H2,1-3H3,(H,16,17). The number of nitrogens with one attached hydrogen (secondary N) is 1. The molecule has 1 aliphatic rings. The van der Waals surface area contributed by atoms with Crippen molar-refractivity contribution in [3.05, 3.63) is 23.4 Å². The number of anilines is 1. The van der Waals surface area contributed by atoms with E-state index in [-0.39, 0.29) is 5.60 Å². The molecule has 4 heteroatoms. The van der Waals surface area contributed by atoms with Gasteiger partial charge in [0.2, 0.25) is 0 Å². The van der Waals surface area contributed by atoms with Crippen LogP contribution in [0, 0.1) is 18.3 Å². The van der Waals surface area contributed by atoms with E-state index in [0.29, 0.717) is 17.4 Å². The van der Waals surface area contributed by atoms with Crippen LogP contribution in [0.25, 0.3) is 0 Å². The fourth-order valence-corrected chi connectivity index (χ4v) is 2.36. The normalized spacial score (nSPS) is 22.2. The number of aryl methyl sites for hydroxylation is 1. The Morgan fingerprint density at radius 3 is 3.00 bits per heavy atom. The minimum absolute atomic E-state index is 0.105. The lowest BCUT2D eigenvalue weighted by Crippen LogP contribution is -2.40. The van der Waals surface area contributed by atoms with Crippen molar-refractivity contribution in [3.8, 4) is 6.07 Å². The topological polar surface area (TPSA) is 57.9 Å². The highest BCUT2D eigenvalue weighted by molar-refractivity contribution is 5.55. The van der Waals surface area contributed by atoms with Crippen LogP contribution in [-0.4, -0.2) is 23.2 Å². The minimum atomic E-state index is -0.105.